The molecule has 7 saturated carbocycles. The molecule has 0 aromatic heterocycles. The zero-order valence-electron chi connectivity index (χ0n) is 17.0. The molecule has 0 spiro atoms. The number of methoxy groups -OCH3 is 1. The molecule has 3 nitrogen and oxygen atoms in total. The molecule has 0 heterocycles. The Labute approximate surface area is 162 Å². The maximum atomic E-state index is 14.0. The summed E-state index contributed by atoms with van der Waals surface area (Å²) in [6.07, 6.45) is 6.07. The second-order valence-corrected chi connectivity index (χ2v) is 12.0. The van der Waals surface area contributed by atoms with Crippen LogP contribution in [0.25, 0.3) is 0 Å². The summed E-state index contributed by atoms with van der Waals surface area (Å²) in [6, 6.07) is 0. The molecule has 7 aliphatic rings. The van der Waals surface area contributed by atoms with E-state index in [0.29, 0.717) is 65.0 Å². The number of ether oxygens (including phenoxy) is 1. The molecule has 27 heavy (non-hydrogen) atoms. The van der Waals surface area contributed by atoms with Crippen molar-refractivity contribution in [1.82, 2.24) is 0 Å². The van der Waals surface area contributed by atoms with E-state index in [1.807, 2.05) is 0 Å². The Balaban J connectivity index is 1.52. The fraction of sp³-hybridized carbons (Fsp3) is 0.917. The standard InChI is InChI=1S/C24H32O3/c1-22-9-8-12-17-14-13-15(23(2,20(22)25)19(14)18(12)22)10-6-5-7-11(10)16(13)24(17,3)21(26)27-4/h10-19H,5-9H2,1-4H3/t10-,11+,12+,13-,14-,15+,16+,17+,18-,19+,22+,23+,24+/m0/s1. The number of carbonyl (C=O) groups excluding carboxylic acids is 2. The third-order valence-corrected chi connectivity index (χ3v) is 12.1. The van der Waals surface area contributed by atoms with Crippen molar-refractivity contribution in [2.24, 2.45) is 75.4 Å². The molecule has 0 aliphatic heterocycles. The van der Waals surface area contributed by atoms with Crippen molar-refractivity contribution < 1.29 is 14.3 Å². The number of rotatable bonds is 1. The van der Waals surface area contributed by atoms with Crippen LogP contribution in [0.15, 0.2) is 0 Å². The summed E-state index contributed by atoms with van der Waals surface area (Å²) in [6.45, 7) is 6.98. The summed E-state index contributed by atoms with van der Waals surface area (Å²) in [5, 5.41) is 0. The first kappa shape index (κ1) is 16.0. The topological polar surface area (TPSA) is 43.4 Å². The third kappa shape index (κ3) is 1.22. The molecule has 0 amide bonds. The number of ketones is 1. The van der Waals surface area contributed by atoms with Gasteiger partial charge in [-0.05, 0) is 91.8 Å². The van der Waals surface area contributed by atoms with Gasteiger partial charge in [-0.3, -0.25) is 9.59 Å². The van der Waals surface area contributed by atoms with Gasteiger partial charge in [0.15, 0.2) is 0 Å². The largest absolute Gasteiger partial charge is 0.469 e. The van der Waals surface area contributed by atoms with Gasteiger partial charge in [0.25, 0.3) is 0 Å². The number of hydrogen-bond donors (Lipinski definition) is 0. The van der Waals surface area contributed by atoms with E-state index in [0.717, 1.165) is 12.8 Å². The van der Waals surface area contributed by atoms with Gasteiger partial charge in [-0.25, -0.2) is 0 Å². The maximum absolute atomic E-state index is 14.0. The van der Waals surface area contributed by atoms with Crippen LogP contribution in [0.3, 0.4) is 0 Å². The lowest BCUT2D eigenvalue weighted by atomic mass is 9.64. The van der Waals surface area contributed by atoms with Crippen LogP contribution >= 0.6 is 0 Å². The lowest BCUT2D eigenvalue weighted by molar-refractivity contribution is -0.160. The number of esters is 1. The van der Waals surface area contributed by atoms with E-state index in [4.69, 9.17) is 4.74 Å². The highest BCUT2D eigenvalue weighted by Gasteiger charge is 2.89. The molecule has 0 unspecified atom stereocenters. The zero-order valence-corrected chi connectivity index (χ0v) is 17.0. The predicted octanol–water partition coefficient (Wildman–Crippen LogP) is 3.96. The summed E-state index contributed by atoms with van der Waals surface area (Å²) in [5.74, 6) is 6.44. The first-order valence-corrected chi connectivity index (χ1v) is 11.5. The number of Topliss-reactive ketones (excluding diaryl/α,β-unsaturated/α-hetero) is 1. The molecule has 7 aliphatic carbocycles. The Morgan fingerprint density at radius 3 is 2.22 bits per heavy atom. The lowest BCUT2D eigenvalue weighted by Crippen LogP contribution is -2.44. The van der Waals surface area contributed by atoms with Gasteiger partial charge in [0.2, 0.25) is 0 Å². The van der Waals surface area contributed by atoms with Crippen LogP contribution in [0.5, 0.6) is 0 Å². The highest BCUT2D eigenvalue weighted by molar-refractivity contribution is 5.95. The zero-order chi connectivity index (χ0) is 18.7. The Morgan fingerprint density at radius 2 is 1.52 bits per heavy atom. The normalized spacial score (nSPS) is 68.7. The molecule has 0 aromatic carbocycles. The van der Waals surface area contributed by atoms with Gasteiger partial charge in [0.1, 0.15) is 5.78 Å². The predicted molar refractivity (Wildman–Crippen MR) is 99.3 cm³/mol. The van der Waals surface area contributed by atoms with Gasteiger partial charge in [-0.15, -0.1) is 0 Å². The van der Waals surface area contributed by atoms with Crippen LogP contribution in [-0.2, 0) is 14.3 Å². The highest BCUT2D eigenvalue weighted by Crippen LogP contribution is 2.89. The van der Waals surface area contributed by atoms with Gasteiger partial charge in [0.05, 0.1) is 12.5 Å². The molecule has 0 saturated heterocycles. The second-order valence-electron chi connectivity index (χ2n) is 12.0. The first-order chi connectivity index (χ1) is 12.8. The van der Waals surface area contributed by atoms with E-state index in [1.165, 1.54) is 19.3 Å². The van der Waals surface area contributed by atoms with E-state index in [9.17, 15) is 9.59 Å². The van der Waals surface area contributed by atoms with E-state index in [1.54, 1.807) is 7.11 Å². The van der Waals surface area contributed by atoms with Crippen LogP contribution in [0.2, 0.25) is 0 Å². The Bertz CT molecular complexity index is 791. The van der Waals surface area contributed by atoms with Crippen LogP contribution in [0, 0.1) is 75.4 Å². The van der Waals surface area contributed by atoms with Gasteiger partial charge in [0, 0.05) is 10.8 Å². The van der Waals surface area contributed by atoms with Gasteiger partial charge < -0.3 is 4.74 Å². The average Bonchev–Trinajstić information content (AvgIpc) is 3.42. The molecule has 13 atom stereocenters. The number of carbonyl (C=O) groups is 2. The number of fused-ring (bicyclic) bond motifs is 5. The smallest absolute Gasteiger partial charge is 0.312 e. The van der Waals surface area contributed by atoms with Crippen molar-refractivity contribution in [2.45, 2.75) is 52.9 Å². The van der Waals surface area contributed by atoms with Gasteiger partial charge >= 0.3 is 5.97 Å². The van der Waals surface area contributed by atoms with Crippen molar-refractivity contribution >= 4 is 11.8 Å². The number of hydrogen-bond acceptors (Lipinski definition) is 3. The van der Waals surface area contributed by atoms with E-state index in [2.05, 4.69) is 20.8 Å². The molecular formula is C24H32O3. The quantitative estimate of drug-likeness (QED) is 0.658. The van der Waals surface area contributed by atoms with Crippen LogP contribution in [0.4, 0.5) is 0 Å². The van der Waals surface area contributed by atoms with Crippen LogP contribution in [0.1, 0.15) is 52.9 Å². The van der Waals surface area contributed by atoms with Gasteiger partial charge in [-0.1, -0.05) is 20.3 Å². The van der Waals surface area contributed by atoms with Gasteiger partial charge in [-0.2, -0.15) is 0 Å². The lowest BCUT2D eigenvalue weighted by Gasteiger charge is -2.39. The average molecular weight is 369 g/mol. The molecule has 0 radical (unpaired) electrons. The van der Waals surface area contributed by atoms with Crippen LogP contribution in [-0.4, -0.2) is 18.9 Å². The highest BCUT2D eigenvalue weighted by atomic mass is 16.5. The molecular weight excluding hydrogens is 336 g/mol. The Morgan fingerprint density at radius 1 is 0.889 bits per heavy atom. The second kappa shape index (κ2) is 4.19. The van der Waals surface area contributed by atoms with E-state index < -0.39 is 0 Å². The molecule has 7 rings (SSSR count). The van der Waals surface area contributed by atoms with Crippen molar-refractivity contribution in [3.63, 3.8) is 0 Å². The summed E-state index contributed by atoms with van der Waals surface area (Å²) < 4.78 is 5.50. The first-order valence-electron chi connectivity index (χ1n) is 11.5. The van der Waals surface area contributed by atoms with Crippen LogP contribution < -0.4 is 0 Å². The van der Waals surface area contributed by atoms with Crippen molar-refractivity contribution in [2.75, 3.05) is 7.11 Å². The van der Waals surface area contributed by atoms with Crippen molar-refractivity contribution in [1.29, 1.82) is 0 Å². The minimum atomic E-state index is -0.309. The summed E-state index contributed by atoms with van der Waals surface area (Å²) >= 11 is 0. The molecule has 146 valence electrons. The fourth-order valence-corrected chi connectivity index (χ4v) is 12.2. The Kier molecular flexibility index (Phi) is 2.48. The summed E-state index contributed by atoms with van der Waals surface area (Å²) in [4.78, 5) is 27.3. The Hall–Kier alpha value is -0.860. The molecule has 0 bridgehead atoms. The monoisotopic (exact) mass is 368 g/mol. The maximum Gasteiger partial charge on any atom is 0.312 e. The van der Waals surface area contributed by atoms with E-state index >= 15 is 0 Å². The summed E-state index contributed by atoms with van der Waals surface area (Å²) in [5.41, 5.74) is -0.513. The third-order valence-electron chi connectivity index (χ3n) is 12.1. The SMILES string of the molecule is COC(=O)[C@]1(C)[C@@H]2[C@@H]3CCC[C@@H]3[C@@H]3[C@@H]2[C@H]2[C@H]1[C@H]1CC[C@@]4(C)C(=O)[C@@]3(C)[C@H]2[C@H]14. The fourth-order valence-electron chi connectivity index (χ4n) is 12.2. The molecule has 7 fully saturated rings. The molecule has 0 aromatic rings. The van der Waals surface area contributed by atoms with Crippen molar-refractivity contribution in [3.8, 4) is 0 Å². The van der Waals surface area contributed by atoms with Crippen molar-refractivity contribution in [3.05, 3.63) is 0 Å². The molecule has 3 heteroatoms. The molecule has 0 N–H and O–H groups in total. The summed E-state index contributed by atoms with van der Waals surface area (Å²) in [7, 11) is 1.60. The minimum Gasteiger partial charge on any atom is -0.469 e. The minimum absolute atomic E-state index is 0.0693. The van der Waals surface area contributed by atoms with E-state index in [-0.39, 0.29) is 22.2 Å².